The second-order valence-corrected chi connectivity index (χ2v) is 5.91. The molecule has 0 aromatic heterocycles. The molecular formula is C14H20ClN3O3. The minimum atomic E-state index is -0.449. The highest BCUT2D eigenvalue weighted by atomic mass is 35.5. The zero-order valence-corrected chi connectivity index (χ0v) is 13.0. The number of rotatable bonds is 5. The third-order valence-corrected chi connectivity index (χ3v) is 4.46. The number of benzene rings is 1. The summed E-state index contributed by atoms with van der Waals surface area (Å²) >= 11 is 6.11. The molecule has 6 nitrogen and oxygen atoms in total. The summed E-state index contributed by atoms with van der Waals surface area (Å²) in [5.41, 5.74) is 0.734. The van der Waals surface area contributed by atoms with Crippen LogP contribution in [-0.2, 0) is 4.74 Å². The van der Waals surface area contributed by atoms with Gasteiger partial charge in [-0.2, -0.15) is 0 Å². The van der Waals surface area contributed by atoms with Gasteiger partial charge >= 0.3 is 0 Å². The van der Waals surface area contributed by atoms with E-state index in [4.69, 9.17) is 16.3 Å². The van der Waals surface area contributed by atoms with E-state index in [0.29, 0.717) is 5.02 Å². The van der Waals surface area contributed by atoms with Gasteiger partial charge in [-0.1, -0.05) is 11.6 Å². The largest absolute Gasteiger partial charge is 0.382 e. The average Bonchev–Trinajstić information content (AvgIpc) is 2.46. The highest BCUT2D eigenvalue weighted by Crippen LogP contribution is 2.30. The number of nitro groups is 1. The molecule has 0 bridgehead atoms. The fourth-order valence-electron chi connectivity index (χ4n) is 2.55. The summed E-state index contributed by atoms with van der Waals surface area (Å²) in [5, 5.41) is 14.4. The van der Waals surface area contributed by atoms with E-state index in [0.717, 1.165) is 38.3 Å². The summed E-state index contributed by atoms with van der Waals surface area (Å²) in [7, 11) is 4.12. The molecule has 1 aromatic rings. The maximum absolute atomic E-state index is 10.7. The van der Waals surface area contributed by atoms with Crippen molar-refractivity contribution in [3.8, 4) is 0 Å². The monoisotopic (exact) mass is 313 g/mol. The lowest BCUT2D eigenvalue weighted by atomic mass is 9.88. The number of nitrogens with zero attached hydrogens (tertiary/aromatic N) is 2. The molecule has 0 spiro atoms. The lowest BCUT2D eigenvalue weighted by Crippen LogP contribution is -2.53. The van der Waals surface area contributed by atoms with Gasteiger partial charge in [0, 0.05) is 37.4 Å². The molecule has 1 heterocycles. The van der Waals surface area contributed by atoms with Crippen molar-refractivity contribution < 1.29 is 9.66 Å². The Bertz CT molecular complexity index is 516. The number of ether oxygens (including phenoxy) is 1. The molecule has 1 aromatic carbocycles. The zero-order chi connectivity index (χ0) is 15.5. The van der Waals surface area contributed by atoms with Crippen LogP contribution in [0.25, 0.3) is 0 Å². The predicted molar refractivity (Wildman–Crippen MR) is 83.1 cm³/mol. The first-order valence-corrected chi connectivity index (χ1v) is 7.25. The second kappa shape index (κ2) is 6.60. The Morgan fingerprint density at radius 1 is 1.43 bits per heavy atom. The Morgan fingerprint density at radius 3 is 2.62 bits per heavy atom. The minimum absolute atomic E-state index is 0.000982. The third-order valence-electron chi connectivity index (χ3n) is 4.14. The van der Waals surface area contributed by atoms with Crippen LogP contribution in [0.3, 0.4) is 0 Å². The number of halogens is 1. The molecule has 1 saturated heterocycles. The number of nitrogens with one attached hydrogen (secondary N) is 1. The van der Waals surface area contributed by atoms with Gasteiger partial charge in [-0.05, 0) is 33.0 Å². The van der Waals surface area contributed by atoms with Crippen molar-refractivity contribution in [1.82, 2.24) is 4.90 Å². The van der Waals surface area contributed by atoms with Crippen LogP contribution in [0.5, 0.6) is 0 Å². The molecule has 1 fully saturated rings. The van der Waals surface area contributed by atoms with Gasteiger partial charge in [0.25, 0.3) is 5.69 Å². The van der Waals surface area contributed by atoms with Crippen LogP contribution < -0.4 is 5.32 Å². The van der Waals surface area contributed by atoms with Gasteiger partial charge in [-0.15, -0.1) is 0 Å². The van der Waals surface area contributed by atoms with Crippen molar-refractivity contribution in [3.63, 3.8) is 0 Å². The molecule has 0 radical (unpaired) electrons. The van der Waals surface area contributed by atoms with Crippen molar-refractivity contribution in [2.45, 2.75) is 18.4 Å². The molecule has 2 rings (SSSR count). The number of likely N-dealkylation sites (N-methyl/N-ethyl adjacent to an activating group) is 1. The fourth-order valence-corrected chi connectivity index (χ4v) is 2.80. The minimum Gasteiger partial charge on any atom is -0.382 e. The highest BCUT2D eigenvalue weighted by Gasteiger charge is 2.34. The molecule has 116 valence electrons. The SMILES string of the molecule is CN(C)C1(CNc2ccc([N+](=O)[O-])cc2Cl)CCOCC1. The Balaban J connectivity index is 2.09. The van der Waals surface area contributed by atoms with Gasteiger partial charge in [-0.25, -0.2) is 0 Å². The molecule has 0 unspecified atom stereocenters. The first-order valence-electron chi connectivity index (χ1n) is 6.88. The van der Waals surface area contributed by atoms with Crippen molar-refractivity contribution in [1.29, 1.82) is 0 Å². The Kier molecular flexibility index (Phi) is 5.03. The van der Waals surface area contributed by atoms with Gasteiger partial charge in [0.05, 0.1) is 15.6 Å². The molecule has 0 saturated carbocycles. The summed E-state index contributed by atoms with van der Waals surface area (Å²) in [6, 6.07) is 4.49. The number of non-ortho nitro benzene ring substituents is 1. The summed E-state index contributed by atoms with van der Waals surface area (Å²) in [6.07, 6.45) is 1.88. The molecule has 0 atom stereocenters. The van der Waals surface area contributed by atoms with Crippen LogP contribution in [0.4, 0.5) is 11.4 Å². The Morgan fingerprint density at radius 2 is 2.10 bits per heavy atom. The van der Waals surface area contributed by atoms with E-state index in [1.807, 2.05) is 0 Å². The van der Waals surface area contributed by atoms with Crippen molar-refractivity contribution in [3.05, 3.63) is 33.3 Å². The molecular weight excluding hydrogens is 294 g/mol. The van der Waals surface area contributed by atoms with Crippen LogP contribution in [0, 0.1) is 10.1 Å². The van der Waals surface area contributed by atoms with E-state index >= 15 is 0 Å². The first kappa shape index (κ1) is 16.0. The Labute approximate surface area is 129 Å². The van der Waals surface area contributed by atoms with E-state index in [9.17, 15) is 10.1 Å². The van der Waals surface area contributed by atoms with Gasteiger partial charge in [0.2, 0.25) is 0 Å². The smallest absolute Gasteiger partial charge is 0.271 e. The van der Waals surface area contributed by atoms with E-state index in [2.05, 4.69) is 24.3 Å². The molecule has 1 aliphatic heterocycles. The third kappa shape index (κ3) is 3.64. The van der Waals surface area contributed by atoms with E-state index < -0.39 is 4.92 Å². The molecule has 21 heavy (non-hydrogen) atoms. The zero-order valence-electron chi connectivity index (χ0n) is 12.3. The molecule has 0 amide bonds. The summed E-state index contributed by atoms with van der Waals surface area (Å²) in [5.74, 6) is 0. The summed E-state index contributed by atoms with van der Waals surface area (Å²) in [4.78, 5) is 12.5. The molecule has 1 N–H and O–H groups in total. The van der Waals surface area contributed by atoms with Crippen molar-refractivity contribution in [2.24, 2.45) is 0 Å². The molecule has 1 aliphatic rings. The standard InChI is InChI=1S/C14H20ClN3O3/c1-17(2)14(5-7-21-8-6-14)10-16-13-4-3-11(18(19)20)9-12(13)15/h3-4,9,16H,5-8,10H2,1-2H3. The van der Waals surface area contributed by atoms with Gasteiger partial charge in [0.1, 0.15) is 0 Å². The topological polar surface area (TPSA) is 67.6 Å². The normalized spacial score (nSPS) is 17.7. The Hall–Kier alpha value is -1.37. The van der Waals surface area contributed by atoms with Crippen molar-refractivity contribution >= 4 is 23.0 Å². The molecule has 7 heteroatoms. The number of hydrogen-bond donors (Lipinski definition) is 1. The van der Waals surface area contributed by atoms with Crippen LogP contribution in [0.15, 0.2) is 18.2 Å². The van der Waals surface area contributed by atoms with Gasteiger partial charge in [0.15, 0.2) is 0 Å². The lowest BCUT2D eigenvalue weighted by molar-refractivity contribution is -0.384. The number of nitro benzene ring substituents is 1. The summed E-state index contributed by atoms with van der Waals surface area (Å²) in [6.45, 7) is 2.21. The molecule has 0 aliphatic carbocycles. The highest BCUT2D eigenvalue weighted by molar-refractivity contribution is 6.33. The quantitative estimate of drug-likeness (QED) is 0.668. The van der Waals surface area contributed by atoms with Crippen LogP contribution in [-0.4, -0.2) is 49.2 Å². The van der Waals surface area contributed by atoms with Crippen molar-refractivity contribution in [2.75, 3.05) is 39.2 Å². The first-order chi connectivity index (χ1) is 9.94. The number of hydrogen-bond acceptors (Lipinski definition) is 5. The van der Waals surface area contributed by atoms with Gasteiger partial charge in [-0.3, -0.25) is 10.1 Å². The predicted octanol–water partition coefficient (Wildman–Crippen LogP) is 2.77. The van der Waals surface area contributed by atoms with E-state index in [1.54, 1.807) is 6.07 Å². The number of anilines is 1. The summed E-state index contributed by atoms with van der Waals surface area (Å²) < 4.78 is 5.44. The van der Waals surface area contributed by atoms with Crippen LogP contribution >= 0.6 is 11.6 Å². The van der Waals surface area contributed by atoms with Crippen LogP contribution in [0.2, 0.25) is 5.02 Å². The maximum atomic E-state index is 10.7. The lowest BCUT2D eigenvalue weighted by Gasteiger charge is -2.43. The van der Waals surface area contributed by atoms with Crippen LogP contribution in [0.1, 0.15) is 12.8 Å². The van der Waals surface area contributed by atoms with Gasteiger partial charge < -0.3 is 15.0 Å². The average molecular weight is 314 g/mol. The second-order valence-electron chi connectivity index (χ2n) is 5.51. The van der Waals surface area contributed by atoms with E-state index in [1.165, 1.54) is 12.1 Å². The maximum Gasteiger partial charge on any atom is 0.271 e. The van der Waals surface area contributed by atoms with E-state index in [-0.39, 0.29) is 11.2 Å². The fraction of sp³-hybridized carbons (Fsp3) is 0.571.